The average Bonchev–Trinajstić information content (AvgIpc) is 2.99. The Morgan fingerprint density at radius 3 is 2.32 bits per heavy atom. The summed E-state index contributed by atoms with van der Waals surface area (Å²) in [5, 5.41) is 13.2. The summed E-state index contributed by atoms with van der Waals surface area (Å²) < 4.78 is 31.8. The summed E-state index contributed by atoms with van der Waals surface area (Å²) in [6, 6.07) is 16.2. The van der Waals surface area contributed by atoms with Crippen LogP contribution in [0.2, 0.25) is 0 Å². The Morgan fingerprint density at radius 2 is 1.75 bits per heavy atom. The van der Waals surface area contributed by atoms with Crippen LogP contribution in [0.25, 0.3) is 21.8 Å². The van der Waals surface area contributed by atoms with E-state index in [4.69, 9.17) is 0 Å². The Balaban J connectivity index is 1.55. The molecule has 0 spiro atoms. The van der Waals surface area contributed by atoms with Gasteiger partial charge in [-0.05, 0) is 31.2 Å². The van der Waals surface area contributed by atoms with Gasteiger partial charge in [0.05, 0.1) is 12.6 Å². The van der Waals surface area contributed by atoms with Crippen LogP contribution in [0.15, 0.2) is 48.5 Å². The highest BCUT2D eigenvalue weighted by Gasteiger charge is 2.38. The van der Waals surface area contributed by atoms with Gasteiger partial charge in [-0.25, -0.2) is 13.1 Å². The summed E-state index contributed by atoms with van der Waals surface area (Å²) in [7, 11) is 0. The molecule has 0 amide bonds. The first-order valence-corrected chi connectivity index (χ1v) is 11.0. The standard InChI is InChI=1S/C22H26F2N2OS/c1-28-26(16-7-6-12-22(23,24)13-16)15-17(27)14-25-20-10-4-2-8-18(20)19-9-3-5-11-21(19)25/h2-5,8-11,16-17,27H,6-7,12-15H2,1H3. The van der Waals surface area contributed by atoms with Gasteiger partial charge in [-0.1, -0.05) is 48.3 Å². The number of fused-ring (bicyclic) bond motifs is 3. The highest BCUT2D eigenvalue weighted by atomic mass is 32.2. The Hall–Kier alpha value is -1.63. The molecule has 4 rings (SSSR count). The molecule has 2 atom stereocenters. The molecule has 3 aromatic rings. The van der Waals surface area contributed by atoms with Crippen molar-refractivity contribution in [2.24, 2.45) is 0 Å². The van der Waals surface area contributed by atoms with Gasteiger partial charge in [0.2, 0.25) is 5.92 Å². The molecule has 0 bridgehead atoms. The molecule has 2 unspecified atom stereocenters. The summed E-state index contributed by atoms with van der Waals surface area (Å²) in [6.07, 6.45) is 2.43. The van der Waals surface area contributed by atoms with Gasteiger partial charge >= 0.3 is 0 Å². The van der Waals surface area contributed by atoms with Gasteiger partial charge < -0.3 is 9.67 Å². The number of aliphatic hydroxyl groups is 1. The van der Waals surface area contributed by atoms with E-state index in [1.165, 1.54) is 22.7 Å². The summed E-state index contributed by atoms with van der Waals surface area (Å²) in [5.74, 6) is -2.59. The van der Waals surface area contributed by atoms with Gasteiger partial charge in [-0.3, -0.25) is 0 Å². The zero-order chi connectivity index (χ0) is 19.7. The Labute approximate surface area is 168 Å². The highest BCUT2D eigenvalue weighted by molar-refractivity contribution is 7.96. The lowest BCUT2D eigenvalue weighted by atomic mass is 9.92. The third-order valence-electron chi connectivity index (χ3n) is 5.72. The predicted octanol–water partition coefficient (Wildman–Crippen LogP) is 5.31. The zero-order valence-electron chi connectivity index (χ0n) is 16.0. The number of para-hydroxylation sites is 2. The van der Waals surface area contributed by atoms with Crippen molar-refractivity contribution in [2.75, 3.05) is 12.8 Å². The molecule has 3 nitrogen and oxygen atoms in total. The molecule has 6 heteroatoms. The van der Waals surface area contributed by atoms with Gasteiger partial charge in [-0.15, -0.1) is 0 Å². The third-order valence-corrected chi connectivity index (χ3v) is 6.64. The molecule has 1 aliphatic carbocycles. The van der Waals surface area contributed by atoms with Gasteiger partial charge in [0.15, 0.2) is 0 Å². The predicted molar refractivity (Wildman–Crippen MR) is 113 cm³/mol. The quantitative estimate of drug-likeness (QED) is 0.564. The lowest BCUT2D eigenvalue weighted by molar-refractivity contribution is -0.0551. The second kappa shape index (κ2) is 8.01. The first kappa shape index (κ1) is 19.7. The van der Waals surface area contributed by atoms with Crippen LogP contribution in [-0.4, -0.2) is 44.8 Å². The maximum Gasteiger partial charge on any atom is 0.249 e. The minimum atomic E-state index is -2.59. The van der Waals surface area contributed by atoms with Crippen LogP contribution in [0.5, 0.6) is 0 Å². The van der Waals surface area contributed by atoms with E-state index in [2.05, 4.69) is 28.8 Å². The molecule has 1 N–H and O–H groups in total. The van der Waals surface area contributed by atoms with Crippen LogP contribution in [-0.2, 0) is 6.54 Å². The van der Waals surface area contributed by atoms with Crippen LogP contribution in [0.1, 0.15) is 25.7 Å². The van der Waals surface area contributed by atoms with E-state index in [1.807, 2.05) is 34.8 Å². The molecule has 1 heterocycles. The van der Waals surface area contributed by atoms with Crippen molar-refractivity contribution in [1.82, 2.24) is 8.87 Å². The number of halogens is 2. The van der Waals surface area contributed by atoms with E-state index in [-0.39, 0.29) is 18.9 Å². The van der Waals surface area contributed by atoms with Crippen LogP contribution in [0.4, 0.5) is 8.78 Å². The number of hydrogen-bond acceptors (Lipinski definition) is 3. The topological polar surface area (TPSA) is 28.4 Å². The van der Waals surface area contributed by atoms with Crippen molar-refractivity contribution >= 4 is 33.8 Å². The molecule has 1 aromatic heterocycles. The molecular formula is C22H26F2N2OS. The van der Waals surface area contributed by atoms with Crippen LogP contribution in [0.3, 0.4) is 0 Å². The fraction of sp³-hybridized carbons (Fsp3) is 0.455. The molecule has 1 aliphatic rings. The summed E-state index contributed by atoms with van der Waals surface area (Å²) in [6.45, 7) is 0.816. The molecule has 28 heavy (non-hydrogen) atoms. The molecule has 0 aliphatic heterocycles. The first-order chi connectivity index (χ1) is 13.5. The lowest BCUT2D eigenvalue weighted by Gasteiger charge is -2.36. The van der Waals surface area contributed by atoms with E-state index in [9.17, 15) is 13.9 Å². The number of alkyl halides is 2. The number of aliphatic hydroxyl groups excluding tert-OH is 1. The third kappa shape index (κ3) is 3.91. The fourth-order valence-electron chi connectivity index (χ4n) is 4.44. The Morgan fingerprint density at radius 1 is 1.14 bits per heavy atom. The van der Waals surface area contributed by atoms with Gasteiger partial charge in [0, 0.05) is 47.2 Å². The second-order valence-electron chi connectivity index (χ2n) is 7.69. The fourth-order valence-corrected chi connectivity index (χ4v) is 5.24. The summed E-state index contributed by atoms with van der Waals surface area (Å²) in [5.41, 5.74) is 2.17. The van der Waals surface area contributed by atoms with Crippen molar-refractivity contribution in [3.63, 3.8) is 0 Å². The molecule has 150 valence electrons. The van der Waals surface area contributed by atoms with Crippen LogP contribution in [0, 0.1) is 0 Å². The lowest BCUT2D eigenvalue weighted by Crippen LogP contribution is -2.42. The van der Waals surface area contributed by atoms with Crippen molar-refractivity contribution in [1.29, 1.82) is 0 Å². The average molecular weight is 405 g/mol. The summed E-state index contributed by atoms with van der Waals surface area (Å²) in [4.78, 5) is 0. The Bertz CT molecular complexity index is 905. The number of benzene rings is 2. The summed E-state index contributed by atoms with van der Waals surface area (Å²) >= 11 is 1.46. The maximum atomic E-state index is 13.8. The number of aromatic nitrogens is 1. The molecule has 0 saturated heterocycles. The van der Waals surface area contributed by atoms with Crippen LogP contribution >= 0.6 is 11.9 Å². The maximum absolute atomic E-state index is 13.8. The van der Waals surface area contributed by atoms with Crippen LogP contribution < -0.4 is 0 Å². The van der Waals surface area contributed by atoms with E-state index in [0.29, 0.717) is 19.5 Å². The highest BCUT2D eigenvalue weighted by Crippen LogP contribution is 2.37. The largest absolute Gasteiger partial charge is 0.390 e. The van der Waals surface area contributed by atoms with E-state index < -0.39 is 12.0 Å². The second-order valence-corrected chi connectivity index (χ2v) is 8.52. The molecule has 1 saturated carbocycles. The van der Waals surface area contributed by atoms with E-state index >= 15 is 0 Å². The molecule has 0 radical (unpaired) electrons. The smallest absolute Gasteiger partial charge is 0.249 e. The van der Waals surface area contributed by atoms with Gasteiger partial charge in [-0.2, -0.15) is 0 Å². The minimum absolute atomic E-state index is 0.0182. The normalized spacial score (nSPS) is 20.8. The number of hydrogen-bond donors (Lipinski definition) is 1. The SMILES string of the molecule is CSN(CC(O)Cn1c2ccccc2c2ccccc21)C1CCCC(F)(F)C1. The van der Waals surface area contributed by atoms with E-state index in [1.54, 1.807) is 0 Å². The minimum Gasteiger partial charge on any atom is -0.390 e. The molecular weight excluding hydrogens is 378 g/mol. The van der Waals surface area contributed by atoms with Crippen molar-refractivity contribution in [3.8, 4) is 0 Å². The zero-order valence-corrected chi connectivity index (χ0v) is 16.8. The monoisotopic (exact) mass is 404 g/mol. The Kier molecular flexibility index (Phi) is 5.63. The van der Waals surface area contributed by atoms with Gasteiger partial charge in [0.25, 0.3) is 0 Å². The van der Waals surface area contributed by atoms with Crippen molar-refractivity contribution in [2.45, 2.75) is 50.3 Å². The number of nitrogens with zero attached hydrogens (tertiary/aromatic N) is 2. The molecule has 2 aromatic carbocycles. The number of rotatable bonds is 6. The molecule has 1 fully saturated rings. The van der Waals surface area contributed by atoms with E-state index in [0.717, 1.165) is 17.5 Å². The first-order valence-electron chi connectivity index (χ1n) is 9.81. The van der Waals surface area contributed by atoms with Gasteiger partial charge in [0.1, 0.15) is 0 Å². The van der Waals surface area contributed by atoms with Crippen molar-refractivity contribution in [3.05, 3.63) is 48.5 Å². The van der Waals surface area contributed by atoms with Crippen molar-refractivity contribution < 1.29 is 13.9 Å².